The van der Waals surface area contributed by atoms with E-state index < -0.39 is 16.5 Å². The standard InChI is InChI=1S/C16H24N4O4/c1-4-16(5-2)11(9-12(16)24-6-3)19-15(21)10-7-8-18-14(17)13(10)20(22)23/h7-8,11-12H,4-6,9H2,1-3H3,(H2,17,18)(H,19,21)/t11-,12-/m0/s1. The smallest absolute Gasteiger partial charge is 0.323 e. The number of nitrogens with two attached hydrogens (primary N) is 1. The minimum absolute atomic E-state index is 0.0616. The summed E-state index contributed by atoms with van der Waals surface area (Å²) in [5.74, 6) is -0.757. The maximum absolute atomic E-state index is 12.6. The average molecular weight is 336 g/mol. The van der Waals surface area contributed by atoms with Gasteiger partial charge in [-0.05, 0) is 32.3 Å². The molecule has 0 bridgehead atoms. The summed E-state index contributed by atoms with van der Waals surface area (Å²) in [6.45, 7) is 6.71. The van der Waals surface area contributed by atoms with Crippen LogP contribution >= 0.6 is 0 Å². The second-order valence-corrected chi connectivity index (χ2v) is 6.00. The number of carbonyl (C=O) groups is 1. The first-order valence-electron chi connectivity index (χ1n) is 8.22. The molecule has 1 amide bonds. The van der Waals surface area contributed by atoms with Gasteiger partial charge >= 0.3 is 5.69 Å². The van der Waals surface area contributed by atoms with Crippen molar-refractivity contribution in [3.05, 3.63) is 27.9 Å². The zero-order chi connectivity index (χ0) is 17.9. The van der Waals surface area contributed by atoms with Gasteiger partial charge in [0.2, 0.25) is 5.82 Å². The Bertz CT molecular complexity index is 631. The van der Waals surface area contributed by atoms with Crippen molar-refractivity contribution in [1.29, 1.82) is 0 Å². The van der Waals surface area contributed by atoms with Gasteiger partial charge in [-0.1, -0.05) is 13.8 Å². The van der Waals surface area contributed by atoms with Crippen LogP contribution in [0.1, 0.15) is 50.4 Å². The largest absolute Gasteiger partial charge is 0.378 e. The molecule has 1 aliphatic rings. The molecule has 1 heterocycles. The van der Waals surface area contributed by atoms with Crippen molar-refractivity contribution in [2.75, 3.05) is 12.3 Å². The fraction of sp³-hybridized carbons (Fsp3) is 0.625. The lowest BCUT2D eigenvalue weighted by atomic mass is 9.58. The van der Waals surface area contributed by atoms with E-state index >= 15 is 0 Å². The number of nitrogens with zero attached hydrogens (tertiary/aromatic N) is 2. The number of anilines is 1. The number of nitro groups is 1. The van der Waals surface area contributed by atoms with Crippen molar-refractivity contribution >= 4 is 17.4 Å². The molecule has 1 saturated carbocycles. The molecule has 1 fully saturated rings. The summed E-state index contributed by atoms with van der Waals surface area (Å²) in [4.78, 5) is 26.8. The van der Waals surface area contributed by atoms with E-state index in [1.165, 1.54) is 12.3 Å². The van der Waals surface area contributed by atoms with Crippen LogP contribution in [0.2, 0.25) is 0 Å². The molecule has 1 aromatic heterocycles. The van der Waals surface area contributed by atoms with E-state index in [9.17, 15) is 14.9 Å². The SMILES string of the molecule is CCO[C@H]1C[C@H](NC(=O)c2ccnc(N)c2[N+](=O)[O-])C1(CC)CC. The highest BCUT2D eigenvalue weighted by Crippen LogP contribution is 2.49. The van der Waals surface area contributed by atoms with E-state index in [1.54, 1.807) is 0 Å². The van der Waals surface area contributed by atoms with Gasteiger partial charge in [-0.3, -0.25) is 14.9 Å². The molecule has 0 spiro atoms. The summed E-state index contributed by atoms with van der Waals surface area (Å²) in [5.41, 5.74) is 4.90. The summed E-state index contributed by atoms with van der Waals surface area (Å²) in [7, 11) is 0. The maximum atomic E-state index is 12.6. The van der Waals surface area contributed by atoms with Crippen LogP contribution in [0.25, 0.3) is 0 Å². The van der Waals surface area contributed by atoms with Crippen LogP contribution in [-0.4, -0.2) is 34.6 Å². The molecule has 2 rings (SSSR count). The van der Waals surface area contributed by atoms with Gasteiger partial charge in [0.15, 0.2) is 0 Å². The number of ether oxygens (including phenoxy) is 1. The highest BCUT2D eigenvalue weighted by Gasteiger charge is 2.54. The fourth-order valence-corrected chi connectivity index (χ4v) is 3.66. The van der Waals surface area contributed by atoms with E-state index in [4.69, 9.17) is 10.5 Å². The summed E-state index contributed by atoms with van der Waals surface area (Å²) < 4.78 is 5.78. The normalized spacial score (nSPS) is 21.8. The Morgan fingerprint density at radius 3 is 2.71 bits per heavy atom. The number of nitrogens with one attached hydrogen (secondary N) is 1. The molecule has 0 aliphatic heterocycles. The monoisotopic (exact) mass is 336 g/mol. The number of nitrogen functional groups attached to an aromatic ring is 1. The van der Waals surface area contributed by atoms with E-state index in [1.807, 2.05) is 6.92 Å². The van der Waals surface area contributed by atoms with E-state index in [-0.39, 0.29) is 28.9 Å². The third-order valence-corrected chi connectivity index (χ3v) is 5.15. The van der Waals surface area contributed by atoms with Crippen molar-refractivity contribution in [3.8, 4) is 0 Å². The van der Waals surface area contributed by atoms with Crippen LogP contribution in [0.3, 0.4) is 0 Å². The van der Waals surface area contributed by atoms with Gasteiger partial charge < -0.3 is 15.8 Å². The molecule has 1 aromatic rings. The Kier molecular flexibility index (Phi) is 5.38. The average Bonchev–Trinajstić information content (AvgIpc) is 2.54. The third kappa shape index (κ3) is 2.93. The molecule has 0 unspecified atom stereocenters. The van der Waals surface area contributed by atoms with Crippen molar-refractivity contribution in [2.45, 2.75) is 52.2 Å². The van der Waals surface area contributed by atoms with Gasteiger partial charge in [0.25, 0.3) is 5.91 Å². The molecule has 1 aliphatic carbocycles. The van der Waals surface area contributed by atoms with Gasteiger partial charge in [-0.2, -0.15) is 0 Å². The molecular formula is C16H24N4O4. The summed E-state index contributed by atoms with van der Waals surface area (Å²) in [5, 5.41) is 14.1. The van der Waals surface area contributed by atoms with Gasteiger partial charge in [-0.25, -0.2) is 4.98 Å². The molecule has 0 aromatic carbocycles. The number of hydrogen-bond donors (Lipinski definition) is 2. The molecule has 3 N–H and O–H groups in total. The highest BCUT2D eigenvalue weighted by atomic mass is 16.6. The quantitative estimate of drug-likeness (QED) is 0.582. The Labute approximate surface area is 140 Å². The zero-order valence-electron chi connectivity index (χ0n) is 14.2. The number of rotatable bonds is 7. The van der Waals surface area contributed by atoms with Crippen LogP contribution in [0.15, 0.2) is 12.3 Å². The Morgan fingerprint density at radius 2 is 2.17 bits per heavy atom. The number of carbonyl (C=O) groups excluding carboxylic acids is 1. The molecular weight excluding hydrogens is 312 g/mol. The van der Waals surface area contributed by atoms with Gasteiger partial charge in [0, 0.05) is 24.3 Å². The first-order valence-corrected chi connectivity index (χ1v) is 8.22. The molecule has 0 saturated heterocycles. The number of hydrogen-bond acceptors (Lipinski definition) is 6. The number of aromatic nitrogens is 1. The molecule has 8 heteroatoms. The second-order valence-electron chi connectivity index (χ2n) is 6.00. The van der Waals surface area contributed by atoms with E-state index in [0.29, 0.717) is 13.0 Å². The van der Waals surface area contributed by atoms with Crippen molar-refractivity contribution in [1.82, 2.24) is 10.3 Å². The van der Waals surface area contributed by atoms with Crippen LogP contribution in [0.4, 0.5) is 11.5 Å². The third-order valence-electron chi connectivity index (χ3n) is 5.15. The van der Waals surface area contributed by atoms with Gasteiger partial charge in [0.1, 0.15) is 5.56 Å². The first kappa shape index (κ1) is 18.1. The summed E-state index contributed by atoms with van der Waals surface area (Å²) in [6.07, 6.45) is 3.82. The first-order chi connectivity index (χ1) is 11.4. The predicted octanol–water partition coefficient (Wildman–Crippen LogP) is 2.29. The van der Waals surface area contributed by atoms with Gasteiger partial charge in [-0.15, -0.1) is 0 Å². The Hall–Kier alpha value is -2.22. The second kappa shape index (κ2) is 7.12. The van der Waals surface area contributed by atoms with Crippen molar-refractivity contribution in [3.63, 3.8) is 0 Å². The Balaban J connectivity index is 2.22. The van der Waals surface area contributed by atoms with Crippen LogP contribution in [-0.2, 0) is 4.74 Å². The lowest BCUT2D eigenvalue weighted by Crippen LogP contribution is -2.64. The van der Waals surface area contributed by atoms with Crippen molar-refractivity contribution < 1.29 is 14.5 Å². The Morgan fingerprint density at radius 1 is 1.50 bits per heavy atom. The van der Waals surface area contributed by atoms with Crippen LogP contribution in [0.5, 0.6) is 0 Å². The predicted molar refractivity (Wildman–Crippen MR) is 89.6 cm³/mol. The highest BCUT2D eigenvalue weighted by molar-refractivity contribution is 5.99. The lowest BCUT2D eigenvalue weighted by molar-refractivity contribution is -0.384. The molecule has 132 valence electrons. The lowest BCUT2D eigenvalue weighted by Gasteiger charge is -2.55. The number of amides is 1. The number of pyridine rings is 1. The topological polar surface area (TPSA) is 120 Å². The molecule has 8 nitrogen and oxygen atoms in total. The van der Waals surface area contributed by atoms with E-state index in [2.05, 4.69) is 24.1 Å². The minimum atomic E-state index is -0.673. The molecule has 24 heavy (non-hydrogen) atoms. The van der Waals surface area contributed by atoms with Crippen LogP contribution < -0.4 is 11.1 Å². The van der Waals surface area contributed by atoms with Gasteiger partial charge in [0.05, 0.1) is 11.0 Å². The van der Waals surface area contributed by atoms with Crippen LogP contribution in [0, 0.1) is 15.5 Å². The van der Waals surface area contributed by atoms with Crippen molar-refractivity contribution in [2.24, 2.45) is 5.41 Å². The summed E-state index contributed by atoms with van der Waals surface area (Å²) in [6, 6.07) is 1.24. The molecule has 2 atom stereocenters. The molecule has 0 radical (unpaired) electrons. The summed E-state index contributed by atoms with van der Waals surface area (Å²) >= 11 is 0. The zero-order valence-corrected chi connectivity index (χ0v) is 14.2. The minimum Gasteiger partial charge on any atom is -0.378 e. The van der Waals surface area contributed by atoms with E-state index in [0.717, 1.165) is 12.8 Å². The maximum Gasteiger partial charge on any atom is 0.323 e. The fourth-order valence-electron chi connectivity index (χ4n) is 3.66.